The number of rotatable bonds is 6. The third-order valence-electron chi connectivity index (χ3n) is 4.01. The lowest BCUT2D eigenvalue weighted by atomic mass is 9.87. The number of nitrogens with one attached hydrogen (secondary N) is 1. The monoisotopic (exact) mass is 325 g/mol. The highest BCUT2D eigenvalue weighted by molar-refractivity contribution is 7.83. The molecular formula is C16H23NO4S. The van der Waals surface area contributed by atoms with E-state index in [4.69, 9.17) is 9.84 Å². The van der Waals surface area contributed by atoms with Gasteiger partial charge >= 0.3 is 5.97 Å². The number of hydrogen-bond donors (Lipinski definition) is 2. The van der Waals surface area contributed by atoms with Crippen molar-refractivity contribution in [1.82, 2.24) is 4.72 Å². The highest BCUT2D eigenvalue weighted by Crippen LogP contribution is 2.26. The Balaban J connectivity index is 1.93. The topological polar surface area (TPSA) is 75.6 Å². The maximum atomic E-state index is 12.4. The summed E-state index contributed by atoms with van der Waals surface area (Å²) in [5.74, 6) is -0.161. The van der Waals surface area contributed by atoms with Crippen LogP contribution in [0.15, 0.2) is 23.1 Å². The van der Waals surface area contributed by atoms with Gasteiger partial charge in [0.25, 0.3) is 0 Å². The molecule has 0 saturated heterocycles. The van der Waals surface area contributed by atoms with Gasteiger partial charge in [0, 0.05) is 6.04 Å². The number of carboxylic acids is 1. The van der Waals surface area contributed by atoms with Crippen LogP contribution in [-0.2, 0) is 15.8 Å². The van der Waals surface area contributed by atoms with Crippen molar-refractivity contribution in [2.45, 2.75) is 50.5 Å². The van der Waals surface area contributed by atoms with Gasteiger partial charge in [0.05, 0.1) is 17.4 Å². The Morgan fingerprint density at radius 3 is 2.59 bits per heavy atom. The maximum absolute atomic E-state index is 12.4. The molecule has 2 rings (SSSR count). The van der Waals surface area contributed by atoms with Crippen LogP contribution in [0, 0.1) is 12.8 Å². The molecule has 0 aromatic heterocycles. The molecular weight excluding hydrogens is 302 g/mol. The Labute approximate surface area is 133 Å². The van der Waals surface area contributed by atoms with E-state index in [0.29, 0.717) is 19.4 Å². The number of carbonyl (C=O) groups is 1. The normalized spacial score (nSPS) is 23.0. The third-order valence-corrected chi connectivity index (χ3v) is 5.24. The van der Waals surface area contributed by atoms with E-state index in [1.165, 1.54) is 0 Å². The smallest absolute Gasteiger partial charge is 0.306 e. The van der Waals surface area contributed by atoms with Crippen LogP contribution in [0.1, 0.15) is 38.2 Å². The maximum Gasteiger partial charge on any atom is 0.306 e. The fourth-order valence-corrected chi connectivity index (χ4v) is 3.88. The largest absolute Gasteiger partial charge is 0.494 e. The van der Waals surface area contributed by atoms with E-state index >= 15 is 0 Å². The summed E-state index contributed by atoms with van der Waals surface area (Å²) in [6.45, 7) is 4.47. The average molecular weight is 325 g/mol. The lowest BCUT2D eigenvalue weighted by molar-refractivity contribution is -0.142. The van der Waals surface area contributed by atoms with Crippen molar-refractivity contribution in [1.29, 1.82) is 0 Å². The van der Waals surface area contributed by atoms with Gasteiger partial charge in [-0.25, -0.2) is 8.93 Å². The number of aryl methyl sites for hydroxylation is 1. The summed E-state index contributed by atoms with van der Waals surface area (Å²) in [6, 6.07) is 5.64. The molecule has 1 aliphatic carbocycles. The molecule has 122 valence electrons. The first-order valence-electron chi connectivity index (χ1n) is 7.65. The van der Waals surface area contributed by atoms with Gasteiger partial charge in [-0.1, -0.05) is 0 Å². The SMILES string of the molecule is CCOc1ccc(S(=O)NC2CCC(C(=O)O)CC2)cc1C. The number of aliphatic carboxylic acids is 1. The molecule has 22 heavy (non-hydrogen) atoms. The Bertz CT molecular complexity index is 553. The van der Waals surface area contributed by atoms with Crippen molar-refractivity contribution < 1.29 is 18.8 Å². The molecule has 6 heteroatoms. The molecule has 0 amide bonds. The number of hydrogen-bond acceptors (Lipinski definition) is 3. The van der Waals surface area contributed by atoms with Gasteiger partial charge < -0.3 is 9.84 Å². The Morgan fingerprint density at radius 1 is 1.36 bits per heavy atom. The first-order valence-corrected chi connectivity index (χ1v) is 8.80. The first-order chi connectivity index (χ1) is 10.5. The summed E-state index contributed by atoms with van der Waals surface area (Å²) in [4.78, 5) is 11.7. The quantitative estimate of drug-likeness (QED) is 0.843. The standard InChI is InChI=1S/C16H23NO4S/c1-3-21-15-9-8-14(10-11(15)2)22(20)17-13-6-4-12(5-7-13)16(18)19/h8-10,12-13,17H,3-7H2,1-2H3,(H,18,19). The van der Waals surface area contributed by atoms with Crippen LogP contribution in [0.4, 0.5) is 0 Å². The van der Waals surface area contributed by atoms with Crippen LogP contribution in [0.25, 0.3) is 0 Å². The van der Waals surface area contributed by atoms with E-state index in [2.05, 4.69) is 4.72 Å². The van der Waals surface area contributed by atoms with E-state index in [1.54, 1.807) is 0 Å². The zero-order chi connectivity index (χ0) is 16.1. The van der Waals surface area contributed by atoms with Crippen molar-refractivity contribution in [2.75, 3.05) is 6.61 Å². The zero-order valence-electron chi connectivity index (χ0n) is 13.0. The lowest BCUT2D eigenvalue weighted by Crippen LogP contribution is -2.36. The van der Waals surface area contributed by atoms with Crippen molar-refractivity contribution in [2.24, 2.45) is 5.92 Å². The first kappa shape index (κ1) is 17.0. The predicted molar refractivity (Wildman–Crippen MR) is 85.3 cm³/mol. The van der Waals surface area contributed by atoms with E-state index < -0.39 is 17.0 Å². The van der Waals surface area contributed by atoms with Crippen LogP contribution in [0.5, 0.6) is 5.75 Å². The Kier molecular flexibility index (Phi) is 5.97. The summed E-state index contributed by atoms with van der Waals surface area (Å²) in [6.07, 6.45) is 2.79. The molecule has 1 unspecified atom stereocenters. The highest BCUT2D eigenvalue weighted by atomic mass is 32.2. The molecule has 1 saturated carbocycles. The zero-order valence-corrected chi connectivity index (χ0v) is 13.8. The molecule has 1 aromatic rings. The van der Waals surface area contributed by atoms with E-state index in [1.807, 2.05) is 32.0 Å². The number of ether oxygens (including phenoxy) is 1. The van der Waals surface area contributed by atoms with Gasteiger partial charge in [0.2, 0.25) is 0 Å². The Hall–Kier alpha value is -1.40. The molecule has 0 radical (unpaired) electrons. The summed E-state index contributed by atoms with van der Waals surface area (Å²) in [5, 5.41) is 8.99. The molecule has 1 aromatic carbocycles. The highest BCUT2D eigenvalue weighted by Gasteiger charge is 2.26. The van der Waals surface area contributed by atoms with E-state index in [9.17, 15) is 9.00 Å². The molecule has 1 fully saturated rings. The van der Waals surface area contributed by atoms with Gasteiger partial charge in [-0.05, 0) is 63.3 Å². The van der Waals surface area contributed by atoms with Crippen molar-refractivity contribution in [3.63, 3.8) is 0 Å². The van der Waals surface area contributed by atoms with Gasteiger partial charge in [-0.2, -0.15) is 0 Å². The van der Waals surface area contributed by atoms with Gasteiger partial charge in [-0.15, -0.1) is 0 Å². The van der Waals surface area contributed by atoms with Gasteiger partial charge in [0.1, 0.15) is 16.7 Å². The fraction of sp³-hybridized carbons (Fsp3) is 0.562. The summed E-state index contributed by atoms with van der Waals surface area (Å²) < 4.78 is 21.0. The molecule has 0 bridgehead atoms. The van der Waals surface area contributed by atoms with Crippen LogP contribution in [0.3, 0.4) is 0 Å². The number of benzene rings is 1. The minimum atomic E-state index is -1.28. The Morgan fingerprint density at radius 2 is 2.05 bits per heavy atom. The summed E-state index contributed by atoms with van der Waals surface area (Å²) in [5.41, 5.74) is 0.962. The van der Waals surface area contributed by atoms with Gasteiger partial charge in [-0.3, -0.25) is 4.79 Å². The van der Waals surface area contributed by atoms with Crippen LogP contribution < -0.4 is 9.46 Å². The second-order valence-corrected chi connectivity index (χ2v) is 6.88. The van der Waals surface area contributed by atoms with Crippen molar-refractivity contribution >= 4 is 17.0 Å². The van der Waals surface area contributed by atoms with E-state index in [-0.39, 0.29) is 12.0 Å². The minimum Gasteiger partial charge on any atom is -0.494 e. The average Bonchev–Trinajstić information content (AvgIpc) is 2.50. The molecule has 1 aliphatic rings. The second kappa shape index (κ2) is 7.74. The van der Waals surface area contributed by atoms with Gasteiger partial charge in [0.15, 0.2) is 0 Å². The molecule has 0 spiro atoms. The van der Waals surface area contributed by atoms with Crippen molar-refractivity contribution in [3.8, 4) is 5.75 Å². The van der Waals surface area contributed by atoms with Crippen LogP contribution in [0.2, 0.25) is 0 Å². The molecule has 0 heterocycles. The number of carboxylic acid groups (broad SMARTS) is 1. The minimum absolute atomic E-state index is 0.114. The van der Waals surface area contributed by atoms with Crippen LogP contribution in [-0.4, -0.2) is 27.9 Å². The molecule has 5 nitrogen and oxygen atoms in total. The van der Waals surface area contributed by atoms with Crippen molar-refractivity contribution in [3.05, 3.63) is 23.8 Å². The summed E-state index contributed by atoms with van der Waals surface area (Å²) >= 11 is 0. The molecule has 2 N–H and O–H groups in total. The van der Waals surface area contributed by atoms with E-state index in [0.717, 1.165) is 29.1 Å². The third kappa shape index (κ3) is 4.30. The molecule has 1 atom stereocenters. The predicted octanol–water partition coefficient (Wildman–Crippen LogP) is 2.65. The molecule has 0 aliphatic heterocycles. The fourth-order valence-electron chi connectivity index (χ4n) is 2.73. The summed E-state index contributed by atoms with van der Waals surface area (Å²) in [7, 11) is -1.28. The lowest BCUT2D eigenvalue weighted by Gasteiger charge is -2.26. The van der Waals surface area contributed by atoms with Crippen LogP contribution >= 0.6 is 0 Å². The second-order valence-electron chi connectivity index (χ2n) is 5.63.